The van der Waals surface area contributed by atoms with Gasteiger partial charge in [0.2, 0.25) is 0 Å². The largest absolute Gasteiger partial charge is 0.356 e. The lowest BCUT2D eigenvalue weighted by atomic mass is 10.3. The quantitative estimate of drug-likeness (QED) is 0.790. The zero-order valence-electron chi connectivity index (χ0n) is 6.95. The van der Waals surface area contributed by atoms with Crippen LogP contribution in [0.25, 0.3) is 0 Å². The average Bonchev–Trinajstić information content (AvgIpc) is 2.66. The lowest BCUT2D eigenvalue weighted by Crippen LogP contribution is -2.05. The van der Waals surface area contributed by atoms with E-state index in [2.05, 4.69) is 11.3 Å². The van der Waals surface area contributed by atoms with Gasteiger partial charge in [-0.25, -0.2) is 0 Å². The predicted octanol–water partition coefficient (Wildman–Crippen LogP) is 2.83. The lowest BCUT2D eigenvalue weighted by molar-refractivity contribution is 0.178. The van der Waals surface area contributed by atoms with Crippen molar-refractivity contribution in [3.8, 4) is 5.75 Å². The molecule has 0 aliphatic heterocycles. The fourth-order valence-electron chi connectivity index (χ4n) is 0.927. The number of hydrogen-bond acceptors (Lipinski definition) is 2. The van der Waals surface area contributed by atoms with Gasteiger partial charge in [-0.15, -0.1) is 5.10 Å². The van der Waals surface area contributed by atoms with Crippen LogP contribution in [0.4, 0.5) is 0 Å². The summed E-state index contributed by atoms with van der Waals surface area (Å²) in [6, 6.07) is 6.76. The van der Waals surface area contributed by atoms with Gasteiger partial charge in [-0.3, -0.25) is 0 Å². The Kier molecular flexibility index (Phi) is 2.61. The number of hydrogen-bond donors (Lipinski definition) is 0. The number of aromatic nitrogens is 2. The topological polar surface area (TPSA) is 27.1 Å². The average molecular weight is 228 g/mol. The zero-order chi connectivity index (χ0) is 9.97. The fraction of sp³-hybridized carbons (Fsp3) is 0. The molecule has 0 atom stereocenters. The van der Waals surface area contributed by atoms with E-state index in [0.717, 1.165) is 0 Å². The number of rotatable bonds is 2. The lowest BCUT2D eigenvalue weighted by Gasteiger charge is -2.06. The maximum absolute atomic E-state index is 5.90. The minimum absolute atomic E-state index is 0.365. The summed E-state index contributed by atoms with van der Waals surface area (Å²) in [5, 5.41) is 4.56. The van der Waals surface area contributed by atoms with Crippen molar-refractivity contribution in [3.05, 3.63) is 46.7 Å². The molecule has 0 amide bonds. The highest BCUT2D eigenvalue weighted by Gasteiger charge is 2.06. The molecule has 0 aliphatic carbocycles. The van der Waals surface area contributed by atoms with Gasteiger partial charge in [-0.2, -0.15) is 0 Å². The summed E-state index contributed by atoms with van der Waals surface area (Å²) in [6.45, 7) is 0. The van der Waals surface area contributed by atoms with Gasteiger partial charge in [0, 0.05) is 0 Å². The summed E-state index contributed by atoms with van der Waals surface area (Å²) in [5.41, 5.74) is 0. The van der Waals surface area contributed by atoms with Gasteiger partial charge < -0.3 is 4.84 Å². The van der Waals surface area contributed by atoms with Gasteiger partial charge >= 0.3 is 0 Å². The molecule has 0 spiro atoms. The van der Waals surface area contributed by atoms with E-state index in [1.54, 1.807) is 30.5 Å². The van der Waals surface area contributed by atoms with E-state index in [-0.39, 0.29) is 0 Å². The summed E-state index contributed by atoms with van der Waals surface area (Å²) in [5.74, 6) is 0.455. The van der Waals surface area contributed by atoms with Crippen molar-refractivity contribution in [2.45, 2.75) is 0 Å². The molecular weight excluding hydrogens is 223 g/mol. The van der Waals surface area contributed by atoms with Crippen molar-refractivity contribution >= 4 is 23.2 Å². The summed E-state index contributed by atoms with van der Waals surface area (Å²) in [7, 11) is 0. The van der Waals surface area contributed by atoms with Crippen LogP contribution in [0.5, 0.6) is 5.75 Å². The van der Waals surface area contributed by atoms with Crippen molar-refractivity contribution < 1.29 is 4.84 Å². The third kappa shape index (κ3) is 1.84. The molecule has 0 aliphatic rings. The normalized spacial score (nSPS) is 10.1. The molecule has 1 radical (unpaired) electrons. The molecule has 1 aromatic heterocycles. The van der Waals surface area contributed by atoms with Crippen LogP contribution in [0.15, 0.2) is 30.5 Å². The van der Waals surface area contributed by atoms with E-state index < -0.39 is 0 Å². The molecule has 2 aromatic rings. The van der Waals surface area contributed by atoms with Crippen molar-refractivity contribution in [2.24, 2.45) is 0 Å². The van der Waals surface area contributed by atoms with Gasteiger partial charge in [-0.1, -0.05) is 34.1 Å². The summed E-state index contributed by atoms with van der Waals surface area (Å²) >= 11 is 11.7. The van der Waals surface area contributed by atoms with E-state index in [9.17, 15) is 0 Å². The Morgan fingerprint density at radius 2 is 2.21 bits per heavy atom. The number of nitrogens with zero attached hydrogens (tertiary/aromatic N) is 2. The highest BCUT2D eigenvalue weighted by atomic mass is 35.5. The van der Waals surface area contributed by atoms with Gasteiger partial charge in [0.15, 0.2) is 5.75 Å². The first-order valence-electron chi connectivity index (χ1n) is 3.81. The van der Waals surface area contributed by atoms with Crippen molar-refractivity contribution in [1.29, 1.82) is 0 Å². The van der Waals surface area contributed by atoms with Crippen LogP contribution in [-0.4, -0.2) is 9.94 Å². The maximum Gasteiger partial charge on any atom is 0.177 e. The second kappa shape index (κ2) is 3.90. The molecule has 0 bridgehead atoms. The van der Waals surface area contributed by atoms with Crippen molar-refractivity contribution in [2.75, 3.05) is 0 Å². The first kappa shape index (κ1) is 9.37. The van der Waals surface area contributed by atoms with Crippen LogP contribution in [0.3, 0.4) is 0 Å². The molecule has 0 unspecified atom stereocenters. The first-order valence-corrected chi connectivity index (χ1v) is 4.57. The predicted molar refractivity (Wildman–Crippen MR) is 53.6 cm³/mol. The van der Waals surface area contributed by atoms with Crippen molar-refractivity contribution in [1.82, 2.24) is 9.94 Å². The second-order valence-corrected chi connectivity index (χ2v) is 3.28. The van der Waals surface area contributed by atoms with Gasteiger partial charge in [0.1, 0.15) is 11.2 Å². The van der Waals surface area contributed by atoms with Crippen LogP contribution in [0.2, 0.25) is 10.0 Å². The Bertz CT molecular complexity index is 428. The van der Waals surface area contributed by atoms with E-state index >= 15 is 0 Å². The van der Waals surface area contributed by atoms with Crippen LogP contribution in [0.1, 0.15) is 0 Å². The molecule has 0 fully saturated rings. The van der Waals surface area contributed by atoms with Crippen LogP contribution in [0, 0.1) is 6.20 Å². The van der Waals surface area contributed by atoms with E-state index in [0.29, 0.717) is 15.8 Å². The molecule has 0 saturated carbocycles. The Morgan fingerprint density at radius 3 is 2.93 bits per heavy atom. The summed E-state index contributed by atoms with van der Waals surface area (Å²) in [4.78, 5) is 6.54. The van der Waals surface area contributed by atoms with Gasteiger partial charge in [0.25, 0.3) is 0 Å². The van der Waals surface area contributed by atoms with E-state index in [1.807, 2.05) is 0 Å². The third-order valence-corrected chi connectivity index (χ3v) is 2.34. The van der Waals surface area contributed by atoms with E-state index in [4.69, 9.17) is 28.0 Å². The fourth-order valence-corrected chi connectivity index (χ4v) is 1.25. The maximum atomic E-state index is 5.90. The van der Waals surface area contributed by atoms with Crippen molar-refractivity contribution in [3.63, 3.8) is 0 Å². The summed E-state index contributed by atoms with van der Waals surface area (Å²) < 4.78 is 0. The molecule has 2 rings (SSSR count). The Morgan fingerprint density at radius 1 is 1.36 bits per heavy atom. The zero-order valence-corrected chi connectivity index (χ0v) is 8.46. The monoisotopic (exact) mass is 227 g/mol. The third-order valence-electron chi connectivity index (χ3n) is 1.54. The standard InChI is InChI=1S/C9H5Cl2N2O/c10-7-3-1-4-8(9(7)11)14-13-6-2-5-12-13/h1-4,6H. The molecule has 0 N–H and O–H groups in total. The Balaban J connectivity index is 2.29. The summed E-state index contributed by atoms with van der Waals surface area (Å²) in [6.07, 6.45) is 4.20. The van der Waals surface area contributed by atoms with Crippen LogP contribution in [-0.2, 0) is 0 Å². The smallest absolute Gasteiger partial charge is 0.177 e. The number of halogens is 2. The SMILES string of the molecule is Clc1cccc(On2cc[c]n2)c1Cl. The molecule has 1 aromatic carbocycles. The molecule has 3 nitrogen and oxygen atoms in total. The van der Waals surface area contributed by atoms with Gasteiger partial charge in [0.05, 0.1) is 11.2 Å². The van der Waals surface area contributed by atoms with E-state index in [1.165, 1.54) is 4.85 Å². The minimum Gasteiger partial charge on any atom is -0.356 e. The molecule has 14 heavy (non-hydrogen) atoms. The Hall–Kier alpha value is -1.19. The highest BCUT2D eigenvalue weighted by molar-refractivity contribution is 6.42. The molecule has 5 heteroatoms. The minimum atomic E-state index is 0.365. The molecule has 0 saturated heterocycles. The number of benzene rings is 1. The highest BCUT2D eigenvalue weighted by Crippen LogP contribution is 2.31. The Labute approximate surface area is 90.8 Å². The van der Waals surface area contributed by atoms with Crippen LogP contribution < -0.4 is 4.84 Å². The van der Waals surface area contributed by atoms with Crippen LogP contribution >= 0.6 is 23.2 Å². The van der Waals surface area contributed by atoms with Gasteiger partial charge in [-0.05, 0) is 18.2 Å². The molecule has 1 heterocycles. The molecule has 71 valence electrons. The first-order chi connectivity index (χ1) is 6.77. The molecular formula is C9H5Cl2N2O. The second-order valence-electron chi connectivity index (χ2n) is 2.49.